The van der Waals surface area contributed by atoms with Crippen LogP contribution in [0.3, 0.4) is 0 Å². The predicted molar refractivity (Wildman–Crippen MR) is 124 cm³/mol. The molecule has 1 amide bonds. The molecular weight excluding hydrogens is 448 g/mol. The van der Waals surface area contributed by atoms with Crippen LogP contribution in [0.5, 0.6) is 23.0 Å². The number of benzene rings is 2. The summed E-state index contributed by atoms with van der Waals surface area (Å²) in [5.41, 5.74) is 0.922. The lowest BCUT2D eigenvalue weighted by Crippen LogP contribution is -2.35. The second-order valence-electron chi connectivity index (χ2n) is 7.59. The fourth-order valence-corrected chi connectivity index (χ4v) is 5.36. The Hall–Kier alpha value is -2.98. The number of rotatable bonds is 9. The van der Waals surface area contributed by atoms with E-state index in [9.17, 15) is 13.2 Å². The fourth-order valence-electron chi connectivity index (χ4n) is 3.82. The topological polar surface area (TPSA) is 103 Å². The molecule has 1 heterocycles. The number of hydrogen-bond donors (Lipinski definition) is 1. The monoisotopic (exact) mass is 478 g/mol. The minimum absolute atomic E-state index is 0.00295. The van der Waals surface area contributed by atoms with Gasteiger partial charge in [0.2, 0.25) is 21.7 Å². The normalized spacial score (nSPS) is 14.4. The Labute approximate surface area is 194 Å². The number of amides is 1. The fraction of sp³-hybridized carbons (Fsp3) is 0.435. The van der Waals surface area contributed by atoms with E-state index in [1.54, 1.807) is 18.2 Å². The third-order valence-corrected chi connectivity index (χ3v) is 7.38. The maximum Gasteiger partial charge on any atom is 0.243 e. The summed E-state index contributed by atoms with van der Waals surface area (Å²) < 4.78 is 48.9. The maximum absolute atomic E-state index is 13.1. The summed E-state index contributed by atoms with van der Waals surface area (Å²) in [5.74, 6) is 1.32. The van der Waals surface area contributed by atoms with Crippen molar-refractivity contribution < 1.29 is 32.2 Å². The van der Waals surface area contributed by atoms with E-state index in [0.717, 1.165) is 19.3 Å². The van der Waals surface area contributed by atoms with Crippen molar-refractivity contribution in [3.8, 4) is 23.0 Å². The Morgan fingerprint density at radius 3 is 2.03 bits per heavy atom. The molecule has 0 atom stereocenters. The van der Waals surface area contributed by atoms with Crippen LogP contribution in [0.4, 0.5) is 5.69 Å². The third-order valence-electron chi connectivity index (χ3n) is 5.49. The van der Waals surface area contributed by atoms with Crippen LogP contribution in [0.2, 0.25) is 0 Å². The van der Waals surface area contributed by atoms with Crippen molar-refractivity contribution in [2.75, 3.05) is 46.8 Å². The first kappa shape index (κ1) is 24.7. The molecule has 3 rings (SSSR count). The van der Waals surface area contributed by atoms with Crippen LogP contribution in [0, 0.1) is 0 Å². The summed E-state index contributed by atoms with van der Waals surface area (Å²) in [6, 6.07) is 7.87. The molecule has 2 aromatic rings. The van der Waals surface area contributed by atoms with Gasteiger partial charge in [-0.3, -0.25) is 4.79 Å². The molecule has 1 aliphatic rings. The Bertz CT molecular complexity index is 1070. The molecule has 1 aliphatic heterocycles. The Morgan fingerprint density at radius 2 is 1.48 bits per heavy atom. The molecule has 0 spiro atoms. The van der Waals surface area contributed by atoms with E-state index >= 15 is 0 Å². The molecule has 0 bridgehead atoms. The van der Waals surface area contributed by atoms with Crippen molar-refractivity contribution in [1.29, 1.82) is 0 Å². The molecule has 10 heteroatoms. The number of ether oxygens (including phenoxy) is 4. The van der Waals surface area contributed by atoms with E-state index in [1.807, 2.05) is 0 Å². The second-order valence-corrected chi connectivity index (χ2v) is 9.52. The Morgan fingerprint density at radius 1 is 0.879 bits per heavy atom. The van der Waals surface area contributed by atoms with Crippen LogP contribution >= 0.6 is 0 Å². The number of methoxy groups -OCH3 is 4. The van der Waals surface area contributed by atoms with Crippen LogP contribution in [0.15, 0.2) is 35.2 Å². The van der Waals surface area contributed by atoms with Gasteiger partial charge in [-0.2, -0.15) is 4.31 Å². The standard InChI is InChI=1S/C23H30N2O7S/c1-29-19-9-8-17(33(27,28)25-10-6-5-7-11-25)15-18(19)24-22(26)14-16-12-20(30-2)23(32-4)21(13-16)31-3/h8-9,12-13,15H,5-7,10-11,14H2,1-4H3,(H,24,26). The van der Waals surface area contributed by atoms with Crippen molar-refractivity contribution in [2.24, 2.45) is 0 Å². The number of nitrogens with one attached hydrogen (secondary N) is 1. The van der Waals surface area contributed by atoms with Gasteiger partial charge >= 0.3 is 0 Å². The van der Waals surface area contributed by atoms with Gasteiger partial charge in [0, 0.05) is 13.1 Å². The summed E-state index contributed by atoms with van der Waals surface area (Å²) in [5, 5.41) is 2.77. The molecule has 1 saturated heterocycles. The van der Waals surface area contributed by atoms with E-state index in [4.69, 9.17) is 18.9 Å². The van der Waals surface area contributed by atoms with Gasteiger partial charge in [-0.05, 0) is 48.7 Å². The molecule has 0 aromatic heterocycles. The van der Waals surface area contributed by atoms with Crippen molar-refractivity contribution in [2.45, 2.75) is 30.6 Å². The van der Waals surface area contributed by atoms with E-state index in [0.29, 0.717) is 41.7 Å². The summed E-state index contributed by atoms with van der Waals surface area (Å²) >= 11 is 0. The number of carbonyl (C=O) groups excluding carboxylic acids is 1. The summed E-state index contributed by atoms with van der Waals surface area (Å²) in [7, 11) is 2.32. The highest BCUT2D eigenvalue weighted by Gasteiger charge is 2.27. The third kappa shape index (κ3) is 5.51. The molecule has 33 heavy (non-hydrogen) atoms. The zero-order valence-electron chi connectivity index (χ0n) is 19.3. The molecule has 1 N–H and O–H groups in total. The quantitative estimate of drug-likeness (QED) is 0.591. The zero-order chi connectivity index (χ0) is 24.0. The van der Waals surface area contributed by atoms with Gasteiger partial charge in [-0.1, -0.05) is 6.42 Å². The molecule has 0 unspecified atom stereocenters. The second kappa shape index (κ2) is 10.8. The molecular formula is C23H30N2O7S. The minimum atomic E-state index is -3.65. The number of carbonyl (C=O) groups is 1. The number of sulfonamides is 1. The zero-order valence-corrected chi connectivity index (χ0v) is 20.2. The van der Waals surface area contributed by atoms with Crippen molar-refractivity contribution in [1.82, 2.24) is 4.31 Å². The van der Waals surface area contributed by atoms with Crippen LogP contribution in [0.1, 0.15) is 24.8 Å². The van der Waals surface area contributed by atoms with Gasteiger partial charge in [0.05, 0.1) is 45.4 Å². The van der Waals surface area contributed by atoms with Gasteiger partial charge in [0.25, 0.3) is 0 Å². The number of nitrogens with zero attached hydrogens (tertiary/aromatic N) is 1. The first-order valence-corrected chi connectivity index (χ1v) is 12.0. The minimum Gasteiger partial charge on any atom is -0.495 e. The highest BCUT2D eigenvalue weighted by molar-refractivity contribution is 7.89. The summed E-state index contributed by atoms with van der Waals surface area (Å²) in [6.07, 6.45) is 2.71. The first-order chi connectivity index (χ1) is 15.8. The lowest BCUT2D eigenvalue weighted by Gasteiger charge is -2.26. The number of anilines is 1. The van der Waals surface area contributed by atoms with Crippen molar-refractivity contribution >= 4 is 21.6 Å². The van der Waals surface area contributed by atoms with Gasteiger partial charge in [0.1, 0.15) is 5.75 Å². The average molecular weight is 479 g/mol. The smallest absolute Gasteiger partial charge is 0.243 e. The molecule has 9 nitrogen and oxygen atoms in total. The van der Waals surface area contributed by atoms with E-state index in [2.05, 4.69) is 5.32 Å². The van der Waals surface area contributed by atoms with Gasteiger partial charge < -0.3 is 24.3 Å². The highest BCUT2D eigenvalue weighted by atomic mass is 32.2. The SMILES string of the molecule is COc1ccc(S(=O)(=O)N2CCCCC2)cc1NC(=O)Cc1cc(OC)c(OC)c(OC)c1. The average Bonchev–Trinajstić information content (AvgIpc) is 2.83. The van der Waals surface area contributed by atoms with Crippen LogP contribution < -0.4 is 24.3 Å². The van der Waals surface area contributed by atoms with Crippen LogP contribution in [0.25, 0.3) is 0 Å². The van der Waals surface area contributed by atoms with Gasteiger partial charge in [0.15, 0.2) is 11.5 Å². The van der Waals surface area contributed by atoms with Crippen LogP contribution in [-0.4, -0.2) is 60.2 Å². The van der Waals surface area contributed by atoms with Gasteiger partial charge in [-0.25, -0.2) is 8.42 Å². The molecule has 0 aliphatic carbocycles. The molecule has 180 valence electrons. The molecule has 0 saturated carbocycles. The van der Waals surface area contributed by atoms with E-state index in [-0.39, 0.29) is 22.9 Å². The highest BCUT2D eigenvalue weighted by Crippen LogP contribution is 2.38. The molecule has 1 fully saturated rings. The number of hydrogen-bond acceptors (Lipinski definition) is 7. The largest absolute Gasteiger partial charge is 0.495 e. The maximum atomic E-state index is 13.1. The lowest BCUT2D eigenvalue weighted by molar-refractivity contribution is -0.115. The van der Waals surface area contributed by atoms with E-state index < -0.39 is 10.0 Å². The van der Waals surface area contributed by atoms with E-state index in [1.165, 1.54) is 44.9 Å². The first-order valence-electron chi connectivity index (χ1n) is 10.6. The molecule has 2 aromatic carbocycles. The Balaban J connectivity index is 1.84. The van der Waals surface area contributed by atoms with Crippen molar-refractivity contribution in [3.63, 3.8) is 0 Å². The number of piperidine rings is 1. The van der Waals surface area contributed by atoms with Crippen molar-refractivity contribution in [3.05, 3.63) is 35.9 Å². The summed E-state index contributed by atoms with van der Waals surface area (Å²) in [4.78, 5) is 12.9. The van der Waals surface area contributed by atoms with Gasteiger partial charge in [-0.15, -0.1) is 0 Å². The predicted octanol–water partition coefficient (Wildman–Crippen LogP) is 3.08. The summed E-state index contributed by atoms with van der Waals surface area (Å²) in [6.45, 7) is 0.994. The molecule has 0 radical (unpaired) electrons. The Kier molecular flexibility index (Phi) is 8.04. The lowest BCUT2D eigenvalue weighted by atomic mass is 10.1. The van der Waals surface area contributed by atoms with Crippen LogP contribution in [-0.2, 0) is 21.2 Å².